The van der Waals surface area contributed by atoms with E-state index in [0.29, 0.717) is 17.5 Å². The number of aryl methyl sites for hydroxylation is 1. The normalized spacial score (nSPS) is 10.6. The molecule has 2 N–H and O–H groups in total. The van der Waals surface area contributed by atoms with E-state index in [1.165, 1.54) is 0 Å². The largest absolute Gasteiger partial charge is 0.478 e. The maximum Gasteiger partial charge on any atom is 0.214 e. The molecule has 0 aliphatic carbocycles. The molecule has 1 aromatic heterocycles. The predicted octanol–water partition coefficient (Wildman–Crippen LogP) is 1.35. The van der Waals surface area contributed by atoms with Gasteiger partial charge in [-0.05, 0) is 33.5 Å². The Morgan fingerprint density at radius 1 is 1.47 bits per heavy atom. The lowest BCUT2D eigenvalue weighted by Crippen LogP contribution is -2.16. The topological polar surface area (TPSA) is 51.4 Å². The second kappa shape index (κ2) is 6.51. The first-order valence-electron chi connectivity index (χ1n) is 5.55. The number of nitrogens with zero attached hydrogens (tertiary/aromatic N) is 2. The van der Waals surface area contributed by atoms with Gasteiger partial charge in [-0.15, -0.1) is 0 Å². The van der Waals surface area contributed by atoms with Crippen molar-refractivity contribution < 1.29 is 4.74 Å². The first kappa shape index (κ1) is 13.9. The molecule has 17 heavy (non-hydrogen) atoms. The lowest BCUT2D eigenvalue weighted by molar-refractivity contribution is 0.273. The molecule has 0 amide bonds. The zero-order valence-electron chi connectivity index (χ0n) is 10.6. The molecule has 0 radical (unpaired) electrons. The van der Waals surface area contributed by atoms with Gasteiger partial charge in [-0.3, -0.25) is 0 Å². The van der Waals surface area contributed by atoms with Crippen LogP contribution in [0.1, 0.15) is 17.7 Å². The SMILES string of the molecule is Cc1cc(C(N)=S)cc(OCCCN(C)C)n1. The van der Waals surface area contributed by atoms with Gasteiger partial charge in [0, 0.05) is 23.9 Å². The molecule has 1 aromatic rings. The van der Waals surface area contributed by atoms with Crippen LogP contribution in [0.5, 0.6) is 5.88 Å². The molecule has 5 heteroatoms. The van der Waals surface area contributed by atoms with Crippen LogP contribution in [0.4, 0.5) is 0 Å². The molecule has 1 rings (SSSR count). The summed E-state index contributed by atoms with van der Waals surface area (Å²) in [5.74, 6) is 0.589. The maximum atomic E-state index is 5.59. The number of pyridine rings is 1. The Kier molecular flexibility index (Phi) is 5.31. The van der Waals surface area contributed by atoms with E-state index >= 15 is 0 Å². The number of hydrogen-bond acceptors (Lipinski definition) is 4. The molecule has 0 aliphatic rings. The Labute approximate surface area is 108 Å². The minimum Gasteiger partial charge on any atom is -0.478 e. The molecule has 0 aromatic carbocycles. The van der Waals surface area contributed by atoms with Gasteiger partial charge >= 0.3 is 0 Å². The lowest BCUT2D eigenvalue weighted by Gasteiger charge is -2.11. The van der Waals surface area contributed by atoms with Crippen molar-refractivity contribution >= 4 is 17.2 Å². The van der Waals surface area contributed by atoms with Crippen LogP contribution >= 0.6 is 12.2 Å². The average Bonchev–Trinajstić information content (AvgIpc) is 2.23. The van der Waals surface area contributed by atoms with Crippen LogP contribution in [0.15, 0.2) is 12.1 Å². The van der Waals surface area contributed by atoms with Crippen LogP contribution in [0, 0.1) is 6.92 Å². The summed E-state index contributed by atoms with van der Waals surface area (Å²) in [6.45, 7) is 3.54. The molecule has 0 spiro atoms. The molecular weight excluding hydrogens is 234 g/mol. The average molecular weight is 253 g/mol. The van der Waals surface area contributed by atoms with Crippen molar-refractivity contribution in [2.24, 2.45) is 5.73 Å². The van der Waals surface area contributed by atoms with Gasteiger partial charge < -0.3 is 15.4 Å². The summed E-state index contributed by atoms with van der Waals surface area (Å²) in [6.07, 6.45) is 0.963. The van der Waals surface area contributed by atoms with Crippen molar-refractivity contribution in [3.05, 3.63) is 23.4 Å². The maximum absolute atomic E-state index is 5.59. The molecule has 4 nitrogen and oxygen atoms in total. The van der Waals surface area contributed by atoms with E-state index < -0.39 is 0 Å². The van der Waals surface area contributed by atoms with Gasteiger partial charge in [-0.1, -0.05) is 12.2 Å². The first-order valence-corrected chi connectivity index (χ1v) is 5.96. The van der Waals surface area contributed by atoms with Gasteiger partial charge in [-0.25, -0.2) is 4.98 Å². The third kappa shape index (κ3) is 5.10. The molecular formula is C12H19N3OS. The Morgan fingerprint density at radius 2 is 2.18 bits per heavy atom. The third-order valence-corrected chi connectivity index (χ3v) is 2.45. The monoisotopic (exact) mass is 253 g/mol. The Morgan fingerprint density at radius 3 is 2.76 bits per heavy atom. The summed E-state index contributed by atoms with van der Waals surface area (Å²) < 4.78 is 5.58. The molecule has 94 valence electrons. The fourth-order valence-corrected chi connectivity index (χ4v) is 1.53. The van der Waals surface area contributed by atoms with E-state index in [0.717, 1.165) is 24.2 Å². The van der Waals surface area contributed by atoms with Gasteiger partial charge in [0.1, 0.15) is 4.99 Å². The number of aromatic nitrogens is 1. The van der Waals surface area contributed by atoms with E-state index in [1.807, 2.05) is 27.1 Å². The van der Waals surface area contributed by atoms with Crippen molar-refractivity contribution in [1.82, 2.24) is 9.88 Å². The third-order valence-electron chi connectivity index (χ3n) is 2.21. The number of hydrogen-bond donors (Lipinski definition) is 1. The summed E-state index contributed by atoms with van der Waals surface area (Å²) in [4.78, 5) is 6.77. The van der Waals surface area contributed by atoms with Crippen LogP contribution in [0.3, 0.4) is 0 Å². The number of nitrogens with two attached hydrogens (primary N) is 1. The van der Waals surface area contributed by atoms with Gasteiger partial charge in [0.15, 0.2) is 0 Å². The molecule has 0 unspecified atom stereocenters. The van der Waals surface area contributed by atoms with E-state index in [9.17, 15) is 0 Å². The van der Waals surface area contributed by atoms with Crippen molar-refractivity contribution in [2.45, 2.75) is 13.3 Å². The molecule has 0 bridgehead atoms. The molecule has 0 atom stereocenters. The van der Waals surface area contributed by atoms with Gasteiger partial charge in [0.2, 0.25) is 5.88 Å². The highest BCUT2D eigenvalue weighted by molar-refractivity contribution is 7.80. The highest BCUT2D eigenvalue weighted by atomic mass is 32.1. The smallest absolute Gasteiger partial charge is 0.214 e. The first-order chi connectivity index (χ1) is 7.99. The Balaban J connectivity index is 2.56. The molecule has 0 aliphatic heterocycles. The second-order valence-corrected chi connectivity index (χ2v) is 4.64. The van der Waals surface area contributed by atoms with Gasteiger partial charge in [-0.2, -0.15) is 0 Å². The summed E-state index contributed by atoms with van der Waals surface area (Å²) in [7, 11) is 4.08. The summed E-state index contributed by atoms with van der Waals surface area (Å²) in [5, 5.41) is 0. The summed E-state index contributed by atoms with van der Waals surface area (Å²) in [6, 6.07) is 3.64. The minimum atomic E-state index is 0.369. The quantitative estimate of drug-likeness (QED) is 0.613. The van der Waals surface area contributed by atoms with Crippen LogP contribution in [-0.2, 0) is 0 Å². The van der Waals surface area contributed by atoms with Crippen molar-refractivity contribution in [1.29, 1.82) is 0 Å². The zero-order chi connectivity index (χ0) is 12.8. The minimum absolute atomic E-state index is 0.369. The van der Waals surface area contributed by atoms with E-state index in [-0.39, 0.29) is 0 Å². The number of thiocarbonyl (C=S) groups is 1. The standard InChI is InChI=1S/C12H19N3OS/c1-9-7-10(12(13)17)8-11(14-9)16-6-4-5-15(2)3/h7-8H,4-6H2,1-3H3,(H2,13,17). The Bertz CT molecular complexity index is 393. The van der Waals surface area contributed by atoms with Crippen LogP contribution < -0.4 is 10.5 Å². The summed E-state index contributed by atoms with van der Waals surface area (Å²) >= 11 is 4.94. The highest BCUT2D eigenvalue weighted by Crippen LogP contribution is 2.12. The fraction of sp³-hybridized carbons (Fsp3) is 0.500. The van der Waals surface area contributed by atoms with Gasteiger partial charge in [0.05, 0.1) is 6.61 Å². The van der Waals surface area contributed by atoms with Crippen molar-refractivity contribution in [3.63, 3.8) is 0 Å². The van der Waals surface area contributed by atoms with Crippen molar-refractivity contribution in [2.75, 3.05) is 27.2 Å². The van der Waals surface area contributed by atoms with E-state index in [4.69, 9.17) is 22.7 Å². The molecule has 0 saturated carbocycles. The molecule has 0 fully saturated rings. The fourth-order valence-electron chi connectivity index (χ4n) is 1.41. The lowest BCUT2D eigenvalue weighted by atomic mass is 10.2. The van der Waals surface area contributed by atoms with E-state index in [1.54, 1.807) is 6.07 Å². The van der Waals surface area contributed by atoms with Crippen LogP contribution in [0.2, 0.25) is 0 Å². The zero-order valence-corrected chi connectivity index (χ0v) is 11.4. The van der Waals surface area contributed by atoms with Crippen molar-refractivity contribution in [3.8, 4) is 5.88 Å². The number of rotatable bonds is 6. The molecule has 0 saturated heterocycles. The predicted molar refractivity (Wildman–Crippen MR) is 73.5 cm³/mol. The van der Waals surface area contributed by atoms with Crippen LogP contribution in [-0.4, -0.2) is 42.1 Å². The van der Waals surface area contributed by atoms with Crippen LogP contribution in [0.25, 0.3) is 0 Å². The summed E-state index contributed by atoms with van der Waals surface area (Å²) in [5.41, 5.74) is 7.25. The Hall–Kier alpha value is -1.20. The van der Waals surface area contributed by atoms with E-state index in [2.05, 4.69) is 9.88 Å². The molecule has 1 heterocycles. The van der Waals surface area contributed by atoms with Gasteiger partial charge in [0.25, 0.3) is 0 Å². The highest BCUT2D eigenvalue weighted by Gasteiger charge is 2.03. The number of ether oxygens (including phenoxy) is 1. The second-order valence-electron chi connectivity index (χ2n) is 4.20.